The second-order valence-corrected chi connectivity index (χ2v) is 7.53. The molecule has 134 valence electrons. The maximum atomic E-state index is 12.3. The summed E-state index contributed by atoms with van der Waals surface area (Å²) in [5, 5.41) is 3.15. The molecule has 1 aromatic carbocycles. The van der Waals surface area contributed by atoms with Crippen molar-refractivity contribution in [3.63, 3.8) is 0 Å². The standard InChI is InChI=1S/C20H33N3O/c1-5-22-11-13-23(14-12-22)20(3,4)16-21-19(24)15-17(2)18-9-7-6-8-10-18/h6-10,17H,5,11-16H2,1-4H3,(H,21,24). The van der Waals surface area contributed by atoms with E-state index in [9.17, 15) is 4.79 Å². The Hall–Kier alpha value is -1.39. The third kappa shape index (κ3) is 5.32. The van der Waals surface area contributed by atoms with Gasteiger partial charge in [-0.05, 0) is 31.9 Å². The van der Waals surface area contributed by atoms with Crippen molar-refractivity contribution in [2.24, 2.45) is 0 Å². The maximum Gasteiger partial charge on any atom is 0.220 e. The third-order valence-electron chi connectivity index (χ3n) is 5.25. The summed E-state index contributed by atoms with van der Waals surface area (Å²) < 4.78 is 0. The van der Waals surface area contributed by atoms with E-state index in [1.807, 2.05) is 18.2 Å². The molecule has 4 nitrogen and oxygen atoms in total. The molecular formula is C20H33N3O. The molecule has 0 spiro atoms. The highest BCUT2D eigenvalue weighted by Crippen LogP contribution is 2.19. The maximum absolute atomic E-state index is 12.3. The van der Waals surface area contributed by atoms with Crippen molar-refractivity contribution in [3.8, 4) is 0 Å². The third-order valence-corrected chi connectivity index (χ3v) is 5.25. The molecule has 0 radical (unpaired) electrons. The second-order valence-electron chi connectivity index (χ2n) is 7.53. The smallest absolute Gasteiger partial charge is 0.220 e. The van der Waals surface area contributed by atoms with Crippen LogP contribution in [0.15, 0.2) is 30.3 Å². The van der Waals surface area contributed by atoms with E-state index in [2.05, 4.69) is 54.9 Å². The minimum atomic E-state index is 0.00543. The van der Waals surface area contributed by atoms with Gasteiger partial charge in [0.1, 0.15) is 0 Å². The lowest BCUT2D eigenvalue weighted by Crippen LogP contribution is -2.58. The van der Waals surface area contributed by atoms with Gasteiger partial charge >= 0.3 is 0 Å². The van der Waals surface area contributed by atoms with E-state index >= 15 is 0 Å². The molecule has 1 saturated heterocycles. The van der Waals surface area contributed by atoms with Crippen LogP contribution in [0.3, 0.4) is 0 Å². The zero-order valence-corrected chi connectivity index (χ0v) is 15.7. The Labute approximate surface area is 147 Å². The molecule has 1 amide bonds. The van der Waals surface area contributed by atoms with Gasteiger partial charge in [0, 0.05) is 44.7 Å². The minimum absolute atomic E-state index is 0.00543. The fourth-order valence-electron chi connectivity index (χ4n) is 3.35. The first kappa shape index (κ1) is 18.9. The molecule has 1 aliphatic rings. The van der Waals surface area contributed by atoms with Crippen LogP contribution in [0.25, 0.3) is 0 Å². The minimum Gasteiger partial charge on any atom is -0.354 e. The molecule has 0 bridgehead atoms. The van der Waals surface area contributed by atoms with Crippen LogP contribution in [0, 0.1) is 0 Å². The second kappa shape index (κ2) is 8.63. The highest BCUT2D eigenvalue weighted by atomic mass is 16.1. The number of carbonyl (C=O) groups is 1. The van der Waals surface area contributed by atoms with Crippen molar-refractivity contribution in [2.75, 3.05) is 39.3 Å². The van der Waals surface area contributed by atoms with Crippen LogP contribution in [0.4, 0.5) is 0 Å². The molecule has 1 heterocycles. The van der Waals surface area contributed by atoms with Crippen molar-refractivity contribution < 1.29 is 4.79 Å². The van der Waals surface area contributed by atoms with Crippen molar-refractivity contribution in [1.29, 1.82) is 0 Å². The lowest BCUT2D eigenvalue weighted by atomic mass is 9.97. The number of likely N-dealkylation sites (N-methyl/N-ethyl adjacent to an activating group) is 1. The van der Waals surface area contributed by atoms with E-state index < -0.39 is 0 Å². The molecule has 0 saturated carbocycles. The van der Waals surface area contributed by atoms with E-state index in [4.69, 9.17) is 0 Å². The van der Waals surface area contributed by atoms with E-state index in [1.165, 1.54) is 5.56 Å². The summed E-state index contributed by atoms with van der Waals surface area (Å²) in [6, 6.07) is 10.3. The summed E-state index contributed by atoms with van der Waals surface area (Å²) in [7, 11) is 0. The first-order chi connectivity index (χ1) is 11.4. The van der Waals surface area contributed by atoms with Gasteiger partial charge in [-0.2, -0.15) is 0 Å². The molecule has 1 fully saturated rings. The average Bonchev–Trinajstić information content (AvgIpc) is 2.61. The normalized spacial score (nSPS) is 18.3. The monoisotopic (exact) mass is 331 g/mol. The van der Waals surface area contributed by atoms with Crippen LogP contribution in [0.1, 0.15) is 45.6 Å². The van der Waals surface area contributed by atoms with Gasteiger partial charge in [-0.25, -0.2) is 0 Å². The molecule has 2 rings (SSSR count). The molecule has 24 heavy (non-hydrogen) atoms. The first-order valence-corrected chi connectivity index (χ1v) is 9.21. The number of hydrogen-bond acceptors (Lipinski definition) is 3. The summed E-state index contributed by atoms with van der Waals surface area (Å²) in [4.78, 5) is 17.3. The zero-order valence-electron chi connectivity index (χ0n) is 15.7. The summed E-state index contributed by atoms with van der Waals surface area (Å²) in [6.45, 7) is 15.0. The lowest BCUT2D eigenvalue weighted by Gasteiger charge is -2.44. The van der Waals surface area contributed by atoms with Gasteiger partial charge in [0.15, 0.2) is 0 Å². The van der Waals surface area contributed by atoms with Crippen molar-refractivity contribution >= 4 is 5.91 Å². The molecule has 1 aliphatic heterocycles. The predicted molar refractivity (Wildman–Crippen MR) is 100 cm³/mol. The zero-order chi connectivity index (χ0) is 17.6. The van der Waals surface area contributed by atoms with Crippen LogP contribution in [0.2, 0.25) is 0 Å². The number of benzene rings is 1. The van der Waals surface area contributed by atoms with Crippen molar-refractivity contribution in [1.82, 2.24) is 15.1 Å². The fraction of sp³-hybridized carbons (Fsp3) is 0.650. The molecule has 1 atom stereocenters. The Morgan fingerprint density at radius 1 is 1.17 bits per heavy atom. The number of nitrogens with zero attached hydrogens (tertiary/aromatic N) is 2. The number of piperazine rings is 1. The average molecular weight is 332 g/mol. The Morgan fingerprint density at radius 3 is 2.38 bits per heavy atom. The number of carbonyl (C=O) groups excluding carboxylic acids is 1. The quantitative estimate of drug-likeness (QED) is 0.834. The Bertz CT molecular complexity index is 507. The number of rotatable bonds is 7. The summed E-state index contributed by atoms with van der Waals surface area (Å²) in [5.41, 5.74) is 1.23. The van der Waals surface area contributed by atoms with Crippen LogP contribution >= 0.6 is 0 Å². The largest absolute Gasteiger partial charge is 0.354 e. The topological polar surface area (TPSA) is 35.6 Å². The highest BCUT2D eigenvalue weighted by Gasteiger charge is 2.30. The first-order valence-electron chi connectivity index (χ1n) is 9.21. The van der Waals surface area contributed by atoms with Crippen LogP contribution in [0.5, 0.6) is 0 Å². The van der Waals surface area contributed by atoms with Gasteiger partial charge in [-0.15, -0.1) is 0 Å². The number of nitrogens with one attached hydrogen (secondary N) is 1. The van der Waals surface area contributed by atoms with Crippen molar-refractivity contribution in [2.45, 2.75) is 45.6 Å². The molecule has 1 aromatic rings. The number of hydrogen-bond donors (Lipinski definition) is 1. The Kier molecular flexibility index (Phi) is 6.81. The van der Waals surface area contributed by atoms with Crippen LogP contribution < -0.4 is 5.32 Å². The highest BCUT2D eigenvalue weighted by molar-refractivity contribution is 5.76. The van der Waals surface area contributed by atoms with Gasteiger partial charge in [-0.1, -0.05) is 44.2 Å². The summed E-state index contributed by atoms with van der Waals surface area (Å²) in [5.74, 6) is 0.397. The molecule has 0 aromatic heterocycles. The van der Waals surface area contributed by atoms with Gasteiger partial charge in [0.2, 0.25) is 5.91 Å². The Morgan fingerprint density at radius 2 is 1.79 bits per heavy atom. The van der Waals surface area contributed by atoms with Crippen LogP contribution in [-0.4, -0.2) is 60.5 Å². The molecule has 1 N–H and O–H groups in total. The van der Waals surface area contributed by atoms with Gasteiger partial charge in [-0.3, -0.25) is 9.69 Å². The van der Waals surface area contributed by atoms with E-state index in [0.717, 1.165) is 32.7 Å². The molecular weight excluding hydrogens is 298 g/mol. The summed E-state index contributed by atoms with van der Waals surface area (Å²) >= 11 is 0. The molecule has 1 unspecified atom stereocenters. The Balaban J connectivity index is 1.78. The van der Waals surface area contributed by atoms with E-state index in [1.54, 1.807) is 0 Å². The van der Waals surface area contributed by atoms with E-state index in [0.29, 0.717) is 13.0 Å². The van der Waals surface area contributed by atoms with Crippen LogP contribution in [-0.2, 0) is 4.79 Å². The van der Waals surface area contributed by atoms with Gasteiger partial charge in [0.25, 0.3) is 0 Å². The van der Waals surface area contributed by atoms with Gasteiger partial charge in [0.05, 0.1) is 0 Å². The number of amides is 1. The van der Waals surface area contributed by atoms with Gasteiger partial charge < -0.3 is 10.2 Å². The van der Waals surface area contributed by atoms with Crippen molar-refractivity contribution in [3.05, 3.63) is 35.9 Å². The lowest BCUT2D eigenvalue weighted by molar-refractivity contribution is -0.122. The fourth-order valence-corrected chi connectivity index (χ4v) is 3.35. The summed E-state index contributed by atoms with van der Waals surface area (Å²) in [6.07, 6.45) is 0.545. The molecule has 4 heteroatoms. The predicted octanol–water partition coefficient (Wildman–Crippen LogP) is 2.71. The van der Waals surface area contributed by atoms with E-state index in [-0.39, 0.29) is 17.4 Å². The SMILES string of the molecule is CCN1CCN(C(C)(C)CNC(=O)CC(C)c2ccccc2)CC1. The molecule has 0 aliphatic carbocycles.